The minimum atomic E-state index is -0.305. The Morgan fingerprint density at radius 2 is 1.74 bits per heavy atom. The molecule has 1 atom stereocenters. The summed E-state index contributed by atoms with van der Waals surface area (Å²) >= 11 is 0. The molecule has 27 heavy (non-hydrogen) atoms. The summed E-state index contributed by atoms with van der Waals surface area (Å²) in [6.07, 6.45) is 0. The molecule has 0 unspecified atom stereocenters. The molecule has 144 valence electrons. The van der Waals surface area contributed by atoms with E-state index < -0.39 is 0 Å². The summed E-state index contributed by atoms with van der Waals surface area (Å²) in [5, 5.41) is 5.51. The number of rotatable bonds is 7. The second-order valence-electron chi connectivity index (χ2n) is 6.38. The van der Waals surface area contributed by atoms with Crippen LogP contribution >= 0.6 is 0 Å². The van der Waals surface area contributed by atoms with Gasteiger partial charge in [-0.25, -0.2) is 0 Å². The third-order valence-electron chi connectivity index (χ3n) is 4.46. The van der Waals surface area contributed by atoms with Crippen molar-refractivity contribution in [3.63, 3.8) is 0 Å². The molecule has 0 aliphatic heterocycles. The van der Waals surface area contributed by atoms with E-state index in [0.29, 0.717) is 17.1 Å². The first-order valence-corrected chi connectivity index (χ1v) is 8.72. The summed E-state index contributed by atoms with van der Waals surface area (Å²) in [7, 11) is 3.15. The van der Waals surface area contributed by atoms with Gasteiger partial charge in [-0.3, -0.25) is 9.59 Å². The summed E-state index contributed by atoms with van der Waals surface area (Å²) in [4.78, 5) is 24.5. The molecular weight excluding hydrogens is 344 g/mol. The molecule has 2 aromatic carbocycles. The third kappa shape index (κ3) is 5.23. The lowest BCUT2D eigenvalue weighted by Crippen LogP contribution is -2.38. The molecule has 2 rings (SSSR count). The predicted octanol–water partition coefficient (Wildman–Crippen LogP) is 2.93. The number of benzene rings is 2. The second-order valence-corrected chi connectivity index (χ2v) is 6.38. The first-order valence-electron chi connectivity index (χ1n) is 8.72. The monoisotopic (exact) mass is 370 g/mol. The van der Waals surface area contributed by atoms with Gasteiger partial charge in [0.15, 0.2) is 0 Å². The lowest BCUT2D eigenvalue weighted by molar-refractivity contribution is -0.120. The standard InChI is InChI=1S/C21H26N2O4/c1-13-6-7-16(10-14(13)2)21(25)22-12-20(24)23-15(3)18-11-17(26-4)8-9-19(18)27-5/h6-11,15H,12H2,1-5H3,(H,22,25)(H,23,24)/t15-/m0/s1. The van der Waals surface area contributed by atoms with E-state index in [4.69, 9.17) is 9.47 Å². The molecule has 2 amide bonds. The number of nitrogens with one attached hydrogen (secondary N) is 2. The van der Waals surface area contributed by atoms with Crippen LogP contribution < -0.4 is 20.1 Å². The van der Waals surface area contributed by atoms with Crippen molar-refractivity contribution >= 4 is 11.8 Å². The van der Waals surface area contributed by atoms with Gasteiger partial charge in [-0.2, -0.15) is 0 Å². The number of carbonyl (C=O) groups is 2. The molecule has 0 saturated carbocycles. The van der Waals surface area contributed by atoms with E-state index >= 15 is 0 Å². The largest absolute Gasteiger partial charge is 0.497 e. The van der Waals surface area contributed by atoms with Crippen molar-refractivity contribution in [3.8, 4) is 11.5 Å². The number of ether oxygens (including phenoxy) is 2. The van der Waals surface area contributed by atoms with Crippen molar-refractivity contribution < 1.29 is 19.1 Å². The van der Waals surface area contributed by atoms with E-state index in [1.165, 1.54) is 0 Å². The smallest absolute Gasteiger partial charge is 0.251 e. The zero-order chi connectivity index (χ0) is 20.0. The Balaban J connectivity index is 1.97. The highest BCUT2D eigenvalue weighted by atomic mass is 16.5. The fourth-order valence-corrected chi connectivity index (χ4v) is 2.69. The van der Waals surface area contributed by atoms with E-state index in [0.717, 1.165) is 16.7 Å². The van der Waals surface area contributed by atoms with Gasteiger partial charge in [0.2, 0.25) is 5.91 Å². The fourth-order valence-electron chi connectivity index (χ4n) is 2.69. The number of hydrogen-bond acceptors (Lipinski definition) is 4. The zero-order valence-electron chi connectivity index (χ0n) is 16.4. The minimum absolute atomic E-state index is 0.109. The summed E-state index contributed by atoms with van der Waals surface area (Å²) in [6, 6.07) is 10.5. The molecule has 0 radical (unpaired) electrons. The maximum Gasteiger partial charge on any atom is 0.251 e. The Morgan fingerprint density at radius 1 is 1.00 bits per heavy atom. The fraction of sp³-hybridized carbons (Fsp3) is 0.333. The van der Waals surface area contributed by atoms with Gasteiger partial charge in [0.05, 0.1) is 26.8 Å². The van der Waals surface area contributed by atoms with Gasteiger partial charge in [0.1, 0.15) is 11.5 Å². The summed E-state index contributed by atoms with van der Waals surface area (Å²) in [6.45, 7) is 5.67. The van der Waals surface area contributed by atoms with Gasteiger partial charge in [0, 0.05) is 11.1 Å². The van der Waals surface area contributed by atoms with Crippen LogP contribution in [0.4, 0.5) is 0 Å². The molecule has 0 heterocycles. The third-order valence-corrected chi connectivity index (χ3v) is 4.46. The topological polar surface area (TPSA) is 76.7 Å². The molecule has 0 aliphatic rings. The molecule has 0 aliphatic carbocycles. The molecule has 2 aromatic rings. The van der Waals surface area contributed by atoms with Crippen LogP contribution in [0.1, 0.15) is 40.0 Å². The van der Waals surface area contributed by atoms with Gasteiger partial charge in [-0.1, -0.05) is 6.07 Å². The van der Waals surface area contributed by atoms with Crippen molar-refractivity contribution in [1.82, 2.24) is 10.6 Å². The number of aryl methyl sites for hydroxylation is 2. The predicted molar refractivity (Wildman–Crippen MR) is 104 cm³/mol. The maximum absolute atomic E-state index is 12.2. The molecule has 0 fully saturated rings. The Hall–Kier alpha value is -3.02. The zero-order valence-corrected chi connectivity index (χ0v) is 16.4. The van der Waals surface area contributed by atoms with E-state index in [9.17, 15) is 9.59 Å². The Morgan fingerprint density at radius 3 is 2.37 bits per heavy atom. The van der Waals surface area contributed by atoms with E-state index in [-0.39, 0.29) is 24.4 Å². The van der Waals surface area contributed by atoms with Gasteiger partial charge in [0.25, 0.3) is 5.91 Å². The lowest BCUT2D eigenvalue weighted by Gasteiger charge is -2.18. The second kappa shape index (κ2) is 9.07. The average molecular weight is 370 g/mol. The molecular formula is C21H26N2O4. The van der Waals surface area contributed by atoms with E-state index in [1.54, 1.807) is 32.4 Å². The van der Waals surface area contributed by atoms with E-state index in [1.807, 2.05) is 39.0 Å². The first kappa shape index (κ1) is 20.3. The highest BCUT2D eigenvalue weighted by molar-refractivity contribution is 5.96. The van der Waals surface area contributed by atoms with Gasteiger partial charge >= 0.3 is 0 Å². The normalized spacial score (nSPS) is 11.4. The van der Waals surface area contributed by atoms with Gasteiger partial charge < -0.3 is 20.1 Å². The summed E-state index contributed by atoms with van der Waals surface area (Å²) in [5.41, 5.74) is 3.48. The molecule has 0 spiro atoms. The highest BCUT2D eigenvalue weighted by Gasteiger charge is 2.16. The van der Waals surface area contributed by atoms with Crippen molar-refractivity contribution in [1.29, 1.82) is 0 Å². The van der Waals surface area contributed by atoms with Crippen LogP contribution in [0.15, 0.2) is 36.4 Å². The molecule has 0 bridgehead atoms. The molecule has 6 nitrogen and oxygen atoms in total. The Bertz CT molecular complexity index is 833. The minimum Gasteiger partial charge on any atom is -0.497 e. The summed E-state index contributed by atoms with van der Waals surface area (Å²) in [5.74, 6) is 0.766. The molecule has 6 heteroatoms. The number of amides is 2. The van der Waals surface area contributed by atoms with Crippen LogP contribution in [0.25, 0.3) is 0 Å². The molecule has 0 saturated heterocycles. The number of hydrogen-bond donors (Lipinski definition) is 2. The molecule has 2 N–H and O–H groups in total. The van der Waals surface area contributed by atoms with E-state index in [2.05, 4.69) is 10.6 Å². The van der Waals surface area contributed by atoms with Crippen LogP contribution in [0.2, 0.25) is 0 Å². The quantitative estimate of drug-likeness (QED) is 0.786. The van der Waals surface area contributed by atoms with Gasteiger partial charge in [-0.15, -0.1) is 0 Å². The van der Waals surface area contributed by atoms with Crippen LogP contribution in [-0.2, 0) is 4.79 Å². The van der Waals surface area contributed by atoms with Crippen LogP contribution in [0.5, 0.6) is 11.5 Å². The van der Waals surface area contributed by atoms with Crippen LogP contribution in [0, 0.1) is 13.8 Å². The Kier molecular flexibility index (Phi) is 6.82. The number of methoxy groups -OCH3 is 2. The average Bonchev–Trinajstić information content (AvgIpc) is 2.67. The van der Waals surface area contributed by atoms with Crippen molar-refractivity contribution in [2.45, 2.75) is 26.8 Å². The van der Waals surface area contributed by atoms with Gasteiger partial charge in [-0.05, 0) is 62.2 Å². The maximum atomic E-state index is 12.2. The summed E-state index contributed by atoms with van der Waals surface area (Å²) < 4.78 is 10.6. The van der Waals surface area contributed by atoms with Crippen LogP contribution in [0.3, 0.4) is 0 Å². The molecule has 0 aromatic heterocycles. The number of carbonyl (C=O) groups excluding carboxylic acids is 2. The first-order chi connectivity index (χ1) is 12.8. The van der Waals surface area contributed by atoms with Crippen molar-refractivity contribution in [2.24, 2.45) is 0 Å². The lowest BCUT2D eigenvalue weighted by atomic mass is 10.1. The van der Waals surface area contributed by atoms with Crippen molar-refractivity contribution in [2.75, 3.05) is 20.8 Å². The van der Waals surface area contributed by atoms with Crippen LogP contribution in [-0.4, -0.2) is 32.6 Å². The highest BCUT2D eigenvalue weighted by Crippen LogP contribution is 2.29. The van der Waals surface area contributed by atoms with Crippen molar-refractivity contribution in [3.05, 3.63) is 58.7 Å². The SMILES string of the molecule is COc1ccc(OC)c([C@H](C)NC(=O)CNC(=O)c2ccc(C)c(C)c2)c1. The Labute approximate surface area is 159 Å².